The van der Waals surface area contributed by atoms with Crippen LogP contribution in [0, 0.1) is 0 Å². The number of ether oxygens (including phenoxy) is 2. The normalized spacial score (nSPS) is 13.5. The monoisotopic (exact) mass is 612 g/mol. The fourth-order valence-electron chi connectivity index (χ4n) is 4.83. The number of aryl methyl sites for hydroxylation is 2. The van der Waals surface area contributed by atoms with Crippen molar-refractivity contribution in [3.63, 3.8) is 0 Å². The van der Waals surface area contributed by atoms with Crippen LogP contribution in [-0.2, 0) is 18.8 Å². The molecule has 0 bridgehead atoms. The summed E-state index contributed by atoms with van der Waals surface area (Å²) in [6, 6.07) is 17.1. The van der Waals surface area contributed by atoms with Crippen LogP contribution in [0.2, 0.25) is 0 Å². The molecule has 2 aromatic carbocycles. The molecule has 13 heteroatoms. The van der Waals surface area contributed by atoms with Crippen molar-refractivity contribution in [2.75, 3.05) is 57.1 Å². The van der Waals surface area contributed by atoms with E-state index in [0.29, 0.717) is 65.2 Å². The van der Waals surface area contributed by atoms with E-state index in [1.54, 1.807) is 85.2 Å². The van der Waals surface area contributed by atoms with Crippen LogP contribution in [0.25, 0.3) is 0 Å². The first-order chi connectivity index (χ1) is 21.8. The number of amides is 3. The van der Waals surface area contributed by atoms with Crippen molar-refractivity contribution in [2.24, 2.45) is 24.3 Å². The van der Waals surface area contributed by atoms with Gasteiger partial charge in [0.25, 0.3) is 17.7 Å². The fourth-order valence-corrected chi connectivity index (χ4v) is 4.83. The van der Waals surface area contributed by atoms with Crippen LogP contribution in [0.3, 0.4) is 0 Å². The summed E-state index contributed by atoms with van der Waals surface area (Å²) in [5.41, 5.74) is 3.36. The molecule has 1 fully saturated rings. The molecule has 2 aromatic heterocycles. The van der Waals surface area contributed by atoms with Crippen LogP contribution in [0.15, 0.2) is 83.3 Å². The van der Waals surface area contributed by atoms with Gasteiger partial charge in [0.1, 0.15) is 17.1 Å². The second-order valence-electron chi connectivity index (χ2n) is 10.5. The molecule has 3 amide bonds. The first-order valence-electron chi connectivity index (χ1n) is 14.5. The first kappa shape index (κ1) is 31.2. The van der Waals surface area contributed by atoms with Gasteiger partial charge in [-0.2, -0.15) is 10.2 Å². The van der Waals surface area contributed by atoms with Gasteiger partial charge in [0.2, 0.25) is 0 Å². The van der Waals surface area contributed by atoms with Crippen molar-refractivity contribution >= 4 is 40.5 Å². The SMILES string of the molecule is COc1cccc(N=Nc2ccc(C(=O)Nc3cc(C(=O)Nc4cc(C(=O)NCCN5CCOCC5)n(C)c4)n(C)c3)cc2)c1. The van der Waals surface area contributed by atoms with Gasteiger partial charge in [0.05, 0.1) is 43.1 Å². The summed E-state index contributed by atoms with van der Waals surface area (Å²) < 4.78 is 13.8. The van der Waals surface area contributed by atoms with Crippen molar-refractivity contribution in [3.05, 3.63) is 90.0 Å². The van der Waals surface area contributed by atoms with E-state index in [0.717, 1.165) is 19.6 Å². The van der Waals surface area contributed by atoms with E-state index in [9.17, 15) is 14.4 Å². The number of morpholine rings is 1. The summed E-state index contributed by atoms with van der Waals surface area (Å²) in [7, 11) is 5.05. The number of aromatic nitrogens is 2. The summed E-state index contributed by atoms with van der Waals surface area (Å²) in [5, 5.41) is 17.0. The predicted molar refractivity (Wildman–Crippen MR) is 170 cm³/mol. The number of nitrogens with zero attached hydrogens (tertiary/aromatic N) is 5. The minimum Gasteiger partial charge on any atom is -0.497 e. The van der Waals surface area contributed by atoms with E-state index in [2.05, 4.69) is 31.1 Å². The number of hydrogen-bond acceptors (Lipinski definition) is 8. The summed E-state index contributed by atoms with van der Waals surface area (Å²) in [5.74, 6) is -0.252. The maximum absolute atomic E-state index is 13.1. The van der Waals surface area contributed by atoms with E-state index < -0.39 is 0 Å². The molecular weight excluding hydrogens is 576 g/mol. The number of rotatable bonds is 11. The standard InChI is InChI=1S/C32H36N8O5/c1-38-21-26(18-28(38)31(42)33-11-12-40-13-15-45-16-14-40)35-32(43)29-19-25(20-39(29)2)34-30(41)22-7-9-23(10-8-22)36-37-24-5-4-6-27(17-24)44-3/h4-10,17-21H,11-16H2,1-3H3,(H,33,42)(H,34,41)(H,35,43). The van der Waals surface area contributed by atoms with Crippen LogP contribution in [-0.4, -0.2) is 78.3 Å². The third-order valence-corrected chi connectivity index (χ3v) is 7.27. The molecule has 0 saturated carbocycles. The Hall–Kier alpha value is -5.27. The largest absolute Gasteiger partial charge is 0.497 e. The molecular formula is C32H36N8O5. The van der Waals surface area contributed by atoms with Crippen molar-refractivity contribution in [1.29, 1.82) is 0 Å². The van der Waals surface area contributed by atoms with E-state index in [4.69, 9.17) is 9.47 Å². The van der Waals surface area contributed by atoms with Crippen LogP contribution in [0.5, 0.6) is 5.75 Å². The summed E-state index contributed by atoms with van der Waals surface area (Å²) in [6.07, 6.45) is 3.34. The third kappa shape index (κ3) is 8.22. The van der Waals surface area contributed by atoms with Crippen LogP contribution >= 0.6 is 0 Å². The molecule has 0 aliphatic carbocycles. The second kappa shape index (κ2) is 14.5. The number of benzene rings is 2. The molecule has 5 rings (SSSR count). The molecule has 4 aromatic rings. The number of azo groups is 1. The van der Waals surface area contributed by atoms with Crippen LogP contribution in [0.4, 0.5) is 22.7 Å². The molecule has 13 nitrogen and oxygen atoms in total. The average molecular weight is 613 g/mol. The number of methoxy groups -OCH3 is 1. The Labute approximate surface area is 260 Å². The van der Waals surface area contributed by atoms with Gasteiger partial charge in [-0.25, -0.2) is 0 Å². The molecule has 3 heterocycles. The molecule has 0 spiro atoms. The Bertz CT molecular complexity index is 1690. The fraction of sp³-hybridized carbons (Fsp3) is 0.281. The number of carbonyl (C=O) groups excluding carboxylic acids is 3. The Morgan fingerprint density at radius 2 is 1.42 bits per heavy atom. The van der Waals surface area contributed by atoms with Crippen LogP contribution < -0.4 is 20.7 Å². The van der Waals surface area contributed by atoms with Crippen LogP contribution in [0.1, 0.15) is 31.3 Å². The topological polar surface area (TPSA) is 144 Å². The van der Waals surface area contributed by atoms with Gasteiger partial charge in [-0.05, 0) is 48.5 Å². The van der Waals surface area contributed by atoms with Gasteiger partial charge < -0.3 is 34.6 Å². The Balaban J connectivity index is 1.14. The molecule has 0 radical (unpaired) electrons. The lowest BCUT2D eigenvalue weighted by Gasteiger charge is -2.26. The molecule has 45 heavy (non-hydrogen) atoms. The maximum Gasteiger partial charge on any atom is 0.272 e. The lowest BCUT2D eigenvalue weighted by molar-refractivity contribution is 0.0383. The molecule has 0 atom stereocenters. The minimum atomic E-state index is -0.381. The minimum absolute atomic E-state index is 0.219. The summed E-state index contributed by atoms with van der Waals surface area (Å²) in [6.45, 7) is 4.39. The number of hydrogen-bond donors (Lipinski definition) is 3. The predicted octanol–water partition coefficient (Wildman–Crippen LogP) is 4.35. The van der Waals surface area contributed by atoms with E-state index in [1.165, 1.54) is 0 Å². The van der Waals surface area contributed by atoms with E-state index in [1.807, 2.05) is 18.2 Å². The molecule has 3 N–H and O–H groups in total. The number of nitrogens with one attached hydrogen (secondary N) is 3. The molecule has 1 saturated heterocycles. The summed E-state index contributed by atoms with van der Waals surface area (Å²) in [4.78, 5) is 41.0. The van der Waals surface area contributed by atoms with Crippen molar-refractivity contribution in [2.45, 2.75) is 0 Å². The third-order valence-electron chi connectivity index (χ3n) is 7.27. The summed E-state index contributed by atoms with van der Waals surface area (Å²) >= 11 is 0. The highest BCUT2D eigenvalue weighted by atomic mass is 16.5. The van der Waals surface area contributed by atoms with E-state index >= 15 is 0 Å². The lowest BCUT2D eigenvalue weighted by Crippen LogP contribution is -2.41. The van der Waals surface area contributed by atoms with Crippen molar-refractivity contribution in [1.82, 2.24) is 19.4 Å². The van der Waals surface area contributed by atoms with Gasteiger partial charge in [-0.1, -0.05) is 6.07 Å². The highest BCUT2D eigenvalue weighted by Gasteiger charge is 2.18. The number of anilines is 2. The highest BCUT2D eigenvalue weighted by molar-refractivity contribution is 6.07. The zero-order valence-electron chi connectivity index (χ0n) is 25.4. The van der Waals surface area contributed by atoms with Gasteiger partial charge in [-0.3, -0.25) is 19.3 Å². The smallest absolute Gasteiger partial charge is 0.272 e. The Morgan fingerprint density at radius 1 is 0.800 bits per heavy atom. The Morgan fingerprint density at radius 3 is 2.09 bits per heavy atom. The zero-order valence-corrected chi connectivity index (χ0v) is 25.4. The molecule has 1 aliphatic rings. The average Bonchev–Trinajstić information content (AvgIpc) is 3.61. The zero-order chi connectivity index (χ0) is 31.8. The number of carbonyl (C=O) groups is 3. The molecule has 0 unspecified atom stereocenters. The van der Waals surface area contributed by atoms with E-state index in [-0.39, 0.29) is 17.7 Å². The van der Waals surface area contributed by atoms with Gasteiger partial charge in [0.15, 0.2) is 0 Å². The lowest BCUT2D eigenvalue weighted by atomic mass is 10.2. The molecule has 234 valence electrons. The highest BCUT2D eigenvalue weighted by Crippen LogP contribution is 2.23. The van der Waals surface area contributed by atoms with Crippen molar-refractivity contribution < 1.29 is 23.9 Å². The van der Waals surface area contributed by atoms with Gasteiger partial charge in [0, 0.05) is 64.3 Å². The van der Waals surface area contributed by atoms with Gasteiger partial charge >= 0.3 is 0 Å². The second-order valence-corrected chi connectivity index (χ2v) is 10.5. The maximum atomic E-state index is 13.1. The molecule has 1 aliphatic heterocycles. The Kier molecular flexibility index (Phi) is 10.0. The van der Waals surface area contributed by atoms with Crippen molar-refractivity contribution in [3.8, 4) is 5.75 Å². The quantitative estimate of drug-likeness (QED) is 0.215. The first-order valence-corrected chi connectivity index (χ1v) is 14.5. The van der Waals surface area contributed by atoms with Gasteiger partial charge in [-0.15, -0.1) is 0 Å².